The van der Waals surface area contributed by atoms with E-state index >= 15 is 0 Å². The maximum absolute atomic E-state index is 12.7. The second kappa shape index (κ2) is 12.9. The van der Waals surface area contributed by atoms with Crippen LogP contribution in [-0.2, 0) is 17.8 Å². The van der Waals surface area contributed by atoms with Crippen LogP contribution in [0.15, 0.2) is 60.7 Å². The summed E-state index contributed by atoms with van der Waals surface area (Å²) < 4.78 is 5.73. The number of hydrogen-bond donors (Lipinski definition) is 4. The first-order valence-electron chi connectivity index (χ1n) is 11.1. The molecule has 0 aromatic heterocycles. The van der Waals surface area contributed by atoms with Crippen LogP contribution in [0.4, 0.5) is 11.4 Å². The molecule has 1 atom stereocenters. The number of nitrogens with zero attached hydrogens (tertiary/aromatic N) is 1. The number of carboxylic acid groups (broad SMARTS) is 1. The average Bonchev–Trinajstić information content (AvgIpc) is 2.87. The number of nitro benzene ring substituents is 1. The highest BCUT2D eigenvalue weighted by Gasteiger charge is 2.23. The third-order valence-corrected chi connectivity index (χ3v) is 6.04. The molecule has 0 radical (unpaired) electrons. The Labute approximate surface area is 222 Å². The molecular weight excluding hydrogens is 523 g/mol. The predicted octanol–water partition coefficient (Wildman–Crippen LogP) is 4.28. The molecule has 10 nitrogen and oxygen atoms in total. The van der Waals surface area contributed by atoms with Gasteiger partial charge in [0.05, 0.1) is 4.92 Å². The fourth-order valence-electron chi connectivity index (χ4n) is 3.41. The number of carbonyl (C=O) groups is 2. The summed E-state index contributed by atoms with van der Waals surface area (Å²) in [5, 5.41) is 27.2. The van der Waals surface area contributed by atoms with Crippen molar-refractivity contribution in [3.8, 4) is 5.75 Å². The Morgan fingerprint density at radius 1 is 1.08 bits per heavy atom. The Kier molecular flexibility index (Phi) is 9.67. The Morgan fingerprint density at radius 2 is 1.76 bits per heavy atom. The van der Waals surface area contributed by atoms with E-state index in [2.05, 4.69) is 10.6 Å². The van der Waals surface area contributed by atoms with E-state index in [9.17, 15) is 24.8 Å². The summed E-state index contributed by atoms with van der Waals surface area (Å²) >= 11 is 12.3. The van der Waals surface area contributed by atoms with Crippen LogP contribution in [0.5, 0.6) is 5.75 Å². The first-order valence-corrected chi connectivity index (χ1v) is 11.9. The summed E-state index contributed by atoms with van der Waals surface area (Å²) in [5.74, 6) is -1.48. The zero-order valence-corrected chi connectivity index (χ0v) is 21.0. The lowest BCUT2D eigenvalue weighted by molar-refractivity contribution is -0.384. The van der Waals surface area contributed by atoms with Crippen LogP contribution in [-0.4, -0.2) is 41.0 Å². The molecule has 0 bridgehead atoms. The Morgan fingerprint density at radius 3 is 2.35 bits per heavy atom. The summed E-state index contributed by atoms with van der Waals surface area (Å²) in [6, 6.07) is 14.4. The number of nitro groups is 1. The number of anilines is 1. The first kappa shape index (κ1) is 27.7. The van der Waals surface area contributed by atoms with E-state index in [1.807, 2.05) is 0 Å². The average molecular weight is 547 g/mol. The predicted molar refractivity (Wildman–Crippen MR) is 140 cm³/mol. The molecule has 0 aliphatic carbocycles. The van der Waals surface area contributed by atoms with Gasteiger partial charge in [-0.25, -0.2) is 4.79 Å². The van der Waals surface area contributed by atoms with Gasteiger partial charge >= 0.3 is 5.97 Å². The van der Waals surface area contributed by atoms with E-state index in [-0.39, 0.29) is 36.5 Å². The molecule has 3 rings (SSSR count). The molecule has 3 aromatic rings. The molecule has 1 unspecified atom stereocenters. The number of nitrogens with one attached hydrogen (secondary N) is 2. The molecule has 3 aromatic carbocycles. The van der Waals surface area contributed by atoms with Crippen molar-refractivity contribution in [1.82, 2.24) is 5.32 Å². The van der Waals surface area contributed by atoms with Gasteiger partial charge in [0.2, 0.25) is 0 Å². The monoisotopic (exact) mass is 546 g/mol. The molecule has 194 valence electrons. The molecule has 0 aliphatic heterocycles. The van der Waals surface area contributed by atoms with Crippen molar-refractivity contribution in [2.24, 2.45) is 5.73 Å². The fraction of sp³-hybridized carbons (Fsp3) is 0.200. The SMILES string of the molecule is NCCNc1ccc(C(=O)NC(Cc2ccc(OCc3c(Cl)cccc3Cl)cc2)C(=O)O)cc1[N+](=O)[O-]. The molecule has 12 heteroatoms. The second-order valence-corrected chi connectivity index (χ2v) is 8.72. The van der Waals surface area contributed by atoms with E-state index in [1.54, 1.807) is 42.5 Å². The summed E-state index contributed by atoms with van der Waals surface area (Å²) in [5.41, 5.74) is 6.54. The summed E-state index contributed by atoms with van der Waals surface area (Å²) in [6.45, 7) is 0.728. The van der Waals surface area contributed by atoms with Crippen molar-refractivity contribution in [1.29, 1.82) is 0 Å². The smallest absolute Gasteiger partial charge is 0.326 e. The maximum Gasteiger partial charge on any atom is 0.326 e. The Hall–Kier alpha value is -3.86. The van der Waals surface area contributed by atoms with Crippen LogP contribution >= 0.6 is 23.2 Å². The number of hydrogen-bond acceptors (Lipinski definition) is 7. The van der Waals surface area contributed by atoms with Gasteiger partial charge in [-0.05, 0) is 42.0 Å². The molecule has 0 heterocycles. The quantitative estimate of drug-likeness (QED) is 0.193. The van der Waals surface area contributed by atoms with Crippen molar-refractivity contribution < 1.29 is 24.4 Å². The summed E-state index contributed by atoms with van der Waals surface area (Å²) in [6.07, 6.45) is -0.0179. The van der Waals surface area contributed by atoms with Crippen molar-refractivity contribution in [3.63, 3.8) is 0 Å². The highest BCUT2D eigenvalue weighted by Crippen LogP contribution is 2.27. The molecule has 0 spiro atoms. The molecule has 1 amide bonds. The van der Waals surface area contributed by atoms with E-state index in [4.69, 9.17) is 33.7 Å². The minimum absolute atomic E-state index is 0.0179. The van der Waals surface area contributed by atoms with Gasteiger partial charge in [-0.1, -0.05) is 41.4 Å². The van der Waals surface area contributed by atoms with Gasteiger partial charge in [-0.15, -0.1) is 0 Å². The van der Waals surface area contributed by atoms with Gasteiger partial charge in [0.1, 0.15) is 24.1 Å². The largest absolute Gasteiger partial charge is 0.489 e. The van der Waals surface area contributed by atoms with Crippen LogP contribution in [0.2, 0.25) is 10.0 Å². The molecule has 0 fully saturated rings. The van der Waals surface area contributed by atoms with E-state index in [1.165, 1.54) is 12.1 Å². The second-order valence-electron chi connectivity index (χ2n) is 7.91. The number of aliphatic carboxylic acids is 1. The summed E-state index contributed by atoms with van der Waals surface area (Å²) in [4.78, 5) is 35.3. The number of amides is 1. The standard InChI is InChI=1S/C25H24Cl2N4O6/c26-19-2-1-3-20(27)18(19)14-37-17-7-4-15(5-8-17)12-22(25(33)34)30-24(32)16-6-9-21(29-11-10-28)23(13-16)31(35)36/h1-9,13,22,29H,10-12,14,28H2,(H,30,32)(H,33,34). The van der Waals surface area contributed by atoms with E-state index < -0.39 is 22.8 Å². The molecule has 0 saturated heterocycles. The maximum atomic E-state index is 12.7. The van der Waals surface area contributed by atoms with Crippen molar-refractivity contribution in [2.75, 3.05) is 18.4 Å². The zero-order chi connectivity index (χ0) is 26.9. The number of carbonyl (C=O) groups excluding carboxylic acids is 1. The van der Waals surface area contributed by atoms with Crippen molar-refractivity contribution in [3.05, 3.63) is 97.5 Å². The summed E-state index contributed by atoms with van der Waals surface area (Å²) in [7, 11) is 0. The number of nitrogens with two attached hydrogens (primary N) is 1. The van der Waals surface area contributed by atoms with Gasteiger partial charge in [0, 0.05) is 46.7 Å². The molecular formula is C25H24Cl2N4O6. The third-order valence-electron chi connectivity index (χ3n) is 5.33. The lowest BCUT2D eigenvalue weighted by atomic mass is 10.0. The molecule has 37 heavy (non-hydrogen) atoms. The number of halogens is 2. The van der Waals surface area contributed by atoms with Crippen LogP contribution in [0.3, 0.4) is 0 Å². The zero-order valence-electron chi connectivity index (χ0n) is 19.4. The highest BCUT2D eigenvalue weighted by atomic mass is 35.5. The lowest BCUT2D eigenvalue weighted by Gasteiger charge is -2.16. The molecule has 5 N–H and O–H groups in total. The van der Waals surface area contributed by atoms with E-state index in [0.29, 0.717) is 33.5 Å². The van der Waals surface area contributed by atoms with Gasteiger partial charge in [-0.3, -0.25) is 14.9 Å². The number of carboxylic acids is 1. The fourth-order valence-corrected chi connectivity index (χ4v) is 3.91. The third kappa shape index (κ3) is 7.56. The number of benzene rings is 3. The Balaban J connectivity index is 1.66. The number of rotatable bonds is 12. The molecule has 0 aliphatic rings. The minimum atomic E-state index is -1.27. The van der Waals surface area contributed by atoms with Crippen LogP contribution in [0.25, 0.3) is 0 Å². The lowest BCUT2D eigenvalue weighted by Crippen LogP contribution is -2.42. The van der Waals surface area contributed by atoms with Gasteiger partial charge in [-0.2, -0.15) is 0 Å². The van der Waals surface area contributed by atoms with Crippen LogP contribution in [0.1, 0.15) is 21.5 Å². The minimum Gasteiger partial charge on any atom is -0.489 e. The van der Waals surface area contributed by atoms with Gasteiger partial charge in [0.15, 0.2) is 0 Å². The van der Waals surface area contributed by atoms with Crippen LogP contribution in [0, 0.1) is 10.1 Å². The van der Waals surface area contributed by atoms with Crippen LogP contribution < -0.4 is 21.1 Å². The van der Waals surface area contributed by atoms with E-state index in [0.717, 1.165) is 6.07 Å². The molecule has 0 saturated carbocycles. The topological polar surface area (TPSA) is 157 Å². The first-order chi connectivity index (χ1) is 17.7. The van der Waals surface area contributed by atoms with Crippen molar-refractivity contribution in [2.45, 2.75) is 19.1 Å². The number of ether oxygens (including phenoxy) is 1. The van der Waals surface area contributed by atoms with Gasteiger partial charge in [0.25, 0.3) is 11.6 Å². The highest BCUT2D eigenvalue weighted by molar-refractivity contribution is 6.35. The van der Waals surface area contributed by atoms with Crippen molar-refractivity contribution >= 4 is 46.5 Å². The van der Waals surface area contributed by atoms with Gasteiger partial charge < -0.3 is 26.2 Å². The normalized spacial score (nSPS) is 11.4. The Bertz CT molecular complexity index is 1270.